The number of aryl methyl sites for hydroxylation is 1. The fraction of sp³-hybridized carbons (Fsp3) is 0.556. The number of aromatic nitrogens is 2. The minimum Gasteiger partial charge on any atom is -0.370 e. The van der Waals surface area contributed by atoms with Crippen molar-refractivity contribution in [2.24, 2.45) is 17.8 Å². The maximum Gasteiger partial charge on any atom is 0.189 e. The predicted octanol–water partition coefficient (Wildman–Crippen LogP) is 3.34. The molecule has 0 aliphatic heterocycles. The van der Waals surface area contributed by atoms with Crippen molar-refractivity contribution in [3.05, 3.63) is 30.1 Å². The summed E-state index contributed by atoms with van der Waals surface area (Å²) >= 11 is 0. The van der Waals surface area contributed by atoms with E-state index in [0.717, 1.165) is 29.8 Å². The SMILES string of the molecule is CCCCCCCCNC(N)=NCc1nc2ccccc2n1C. The number of unbranched alkanes of at least 4 members (excludes halogenated alkanes) is 5. The van der Waals surface area contributed by atoms with Gasteiger partial charge in [0.1, 0.15) is 12.4 Å². The molecule has 0 saturated heterocycles. The van der Waals surface area contributed by atoms with Crippen molar-refractivity contribution in [2.75, 3.05) is 6.54 Å². The molecule has 0 saturated carbocycles. The van der Waals surface area contributed by atoms with Crippen LogP contribution in [0.2, 0.25) is 0 Å². The molecular formula is C18H29N5. The van der Waals surface area contributed by atoms with E-state index in [-0.39, 0.29) is 0 Å². The van der Waals surface area contributed by atoms with Gasteiger partial charge in [-0.2, -0.15) is 0 Å². The molecule has 0 spiro atoms. The number of rotatable bonds is 9. The second kappa shape index (κ2) is 9.18. The van der Waals surface area contributed by atoms with Crippen molar-refractivity contribution >= 4 is 17.0 Å². The molecule has 0 unspecified atom stereocenters. The molecule has 2 rings (SSSR count). The van der Waals surface area contributed by atoms with Gasteiger partial charge in [-0.05, 0) is 18.6 Å². The lowest BCUT2D eigenvalue weighted by molar-refractivity contribution is 0.601. The number of fused-ring (bicyclic) bond motifs is 1. The minimum atomic E-state index is 0.501. The van der Waals surface area contributed by atoms with Crippen molar-refractivity contribution < 1.29 is 0 Å². The van der Waals surface area contributed by atoms with Crippen LogP contribution in [0.15, 0.2) is 29.3 Å². The maximum absolute atomic E-state index is 5.93. The van der Waals surface area contributed by atoms with Gasteiger partial charge in [-0.25, -0.2) is 9.98 Å². The van der Waals surface area contributed by atoms with Gasteiger partial charge in [0.05, 0.1) is 11.0 Å². The first-order chi connectivity index (χ1) is 11.2. The molecule has 0 radical (unpaired) electrons. The van der Waals surface area contributed by atoms with E-state index in [9.17, 15) is 0 Å². The number of hydrogen-bond acceptors (Lipinski definition) is 2. The van der Waals surface area contributed by atoms with Crippen molar-refractivity contribution in [3.63, 3.8) is 0 Å². The fourth-order valence-corrected chi connectivity index (χ4v) is 2.67. The number of para-hydroxylation sites is 2. The Bertz CT molecular complexity index is 629. The summed E-state index contributed by atoms with van der Waals surface area (Å²) in [5.41, 5.74) is 8.05. The minimum absolute atomic E-state index is 0.501. The van der Waals surface area contributed by atoms with Gasteiger partial charge in [0.25, 0.3) is 0 Å². The first kappa shape index (κ1) is 17.3. The number of imidazole rings is 1. The lowest BCUT2D eigenvalue weighted by atomic mass is 10.1. The van der Waals surface area contributed by atoms with E-state index in [1.165, 1.54) is 32.1 Å². The summed E-state index contributed by atoms with van der Waals surface area (Å²) in [7, 11) is 2.01. The lowest BCUT2D eigenvalue weighted by Crippen LogP contribution is -2.32. The van der Waals surface area contributed by atoms with Crippen LogP contribution in [0.1, 0.15) is 51.3 Å². The van der Waals surface area contributed by atoms with Crippen molar-refractivity contribution in [1.82, 2.24) is 14.9 Å². The molecule has 0 bridgehead atoms. The van der Waals surface area contributed by atoms with Gasteiger partial charge in [0.2, 0.25) is 0 Å². The predicted molar refractivity (Wildman–Crippen MR) is 97.4 cm³/mol. The summed E-state index contributed by atoms with van der Waals surface area (Å²) in [6.45, 7) is 3.63. The van der Waals surface area contributed by atoms with Gasteiger partial charge in [-0.1, -0.05) is 51.2 Å². The molecule has 23 heavy (non-hydrogen) atoms. The maximum atomic E-state index is 5.93. The molecule has 5 nitrogen and oxygen atoms in total. The summed E-state index contributed by atoms with van der Waals surface area (Å²) in [6, 6.07) is 8.10. The second-order valence-corrected chi connectivity index (χ2v) is 5.97. The number of hydrogen-bond donors (Lipinski definition) is 2. The average molecular weight is 315 g/mol. The van der Waals surface area contributed by atoms with Gasteiger partial charge < -0.3 is 15.6 Å². The highest BCUT2D eigenvalue weighted by molar-refractivity contribution is 5.78. The average Bonchev–Trinajstić information content (AvgIpc) is 2.89. The van der Waals surface area contributed by atoms with E-state index >= 15 is 0 Å². The Hall–Kier alpha value is -2.04. The van der Waals surface area contributed by atoms with Gasteiger partial charge in [0, 0.05) is 13.6 Å². The number of nitrogens with one attached hydrogen (secondary N) is 1. The van der Waals surface area contributed by atoms with Crippen LogP contribution >= 0.6 is 0 Å². The first-order valence-electron chi connectivity index (χ1n) is 8.66. The number of benzene rings is 1. The standard InChI is InChI=1S/C18H29N5/c1-3-4-5-6-7-10-13-20-18(19)21-14-17-22-15-11-8-9-12-16(15)23(17)2/h8-9,11-12H,3-7,10,13-14H2,1-2H3,(H3,19,20,21). The van der Waals surface area contributed by atoms with E-state index in [4.69, 9.17) is 5.73 Å². The highest BCUT2D eigenvalue weighted by atomic mass is 15.1. The molecule has 2 aromatic rings. The highest BCUT2D eigenvalue weighted by Crippen LogP contribution is 2.14. The molecule has 0 amide bonds. The Morgan fingerprint density at radius 1 is 1.17 bits per heavy atom. The molecule has 0 aliphatic carbocycles. The third kappa shape index (κ3) is 5.27. The Labute approximate surface area is 139 Å². The molecule has 3 N–H and O–H groups in total. The molecule has 1 aromatic carbocycles. The Morgan fingerprint density at radius 3 is 2.70 bits per heavy atom. The summed E-state index contributed by atoms with van der Waals surface area (Å²) in [5.74, 6) is 1.43. The van der Waals surface area contributed by atoms with Gasteiger partial charge in [-0.15, -0.1) is 0 Å². The van der Waals surface area contributed by atoms with E-state index in [1.807, 2.05) is 25.2 Å². The smallest absolute Gasteiger partial charge is 0.189 e. The Balaban J connectivity index is 1.74. The Kier molecular flexibility index (Phi) is 6.91. The van der Waals surface area contributed by atoms with Crippen LogP contribution in [0.25, 0.3) is 11.0 Å². The zero-order valence-electron chi connectivity index (χ0n) is 14.4. The topological polar surface area (TPSA) is 68.2 Å². The molecule has 5 heteroatoms. The largest absolute Gasteiger partial charge is 0.370 e. The number of guanidine groups is 1. The molecule has 0 fully saturated rings. The molecule has 0 aliphatic rings. The molecule has 1 heterocycles. The van der Waals surface area contributed by atoms with Crippen LogP contribution in [0.5, 0.6) is 0 Å². The van der Waals surface area contributed by atoms with Crippen molar-refractivity contribution in [1.29, 1.82) is 0 Å². The Morgan fingerprint density at radius 2 is 1.91 bits per heavy atom. The van der Waals surface area contributed by atoms with Crippen LogP contribution < -0.4 is 11.1 Å². The third-order valence-electron chi connectivity index (χ3n) is 4.11. The van der Waals surface area contributed by atoms with Crippen LogP contribution in [-0.2, 0) is 13.6 Å². The van der Waals surface area contributed by atoms with E-state index < -0.39 is 0 Å². The van der Waals surface area contributed by atoms with Crippen LogP contribution in [0.4, 0.5) is 0 Å². The highest BCUT2D eigenvalue weighted by Gasteiger charge is 2.06. The van der Waals surface area contributed by atoms with Gasteiger partial charge in [-0.3, -0.25) is 0 Å². The van der Waals surface area contributed by atoms with Crippen molar-refractivity contribution in [3.8, 4) is 0 Å². The number of nitrogens with two attached hydrogens (primary N) is 1. The molecule has 1 aromatic heterocycles. The van der Waals surface area contributed by atoms with Crippen LogP contribution in [-0.4, -0.2) is 22.1 Å². The quantitative estimate of drug-likeness (QED) is 0.424. The van der Waals surface area contributed by atoms with E-state index in [0.29, 0.717) is 12.5 Å². The zero-order chi connectivity index (χ0) is 16.5. The molecular weight excluding hydrogens is 286 g/mol. The normalized spacial score (nSPS) is 12.0. The summed E-state index contributed by atoms with van der Waals surface area (Å²) in [6.07, 6.45) is 7.69. The van der Waals surface area contributed by atoms with Crippen molar-refractivity contribution in [2.45, 2.75) is 52.0 Å². The first-order valence-corrected chi connectivity index (χ1v) is 8.66. The fourth-order valence-electron chi connectivity index (χ4n) is 2.67. The monoisotopic (exact) mass is 315 g/mol. The lowest BCUT2D eigenvalue weighted by Gasteiger charge is -2.05. The summed E-state index contributed by atoms with van der Waals surface area (Å²) < 4.78 is 2.07. The summed E-state index contributed by atoms with van der Waals surface area (Å²) in [4.78, 5) is 8.99. The second-order valence-electron chi connectivity index (χ2n) is 5.97. The third-order valence-corrected chi connectivity index (χ3v) is 4.11. The van der Waals surface area contributed by atoms with Crippen LogP contribution in [0.3, 0.4) is 0 Å². The molecule has 126 valence electrons. The van der Waals surface area contributed by atoms with Gasteiger partial charge in [0.15, 0.2) is 5.96 Å². The van der Waals surface area contributed by atoms with E-state index in [2.05, 4.69) is 32.9 Å². The number of aliphatic imine (C=N–C) groups is 1. The summed E-state index contributed by atoms with van der Waals surface area (Å²) in [5, 5.41) is 3.19. The van der Waals surface area contributed by atoms with Crippen LogP contribution in [0, 0.1) is 0 Å². The van der Waals surface area contributed by atoms with Gasteiger partial charge >= 0.3 is 0 Å². The zero-order valence-corrected chi connectivity index (χ0v) is 14.4. The van der Waals surface area contributed by atoms with E-state index in [1.54, 1.807) is 0 Å². The number of nitrogens with zero attached hydrogens (tertiary/aromatic N) is 3. The molecule has 0 atom stereocenters.